The Morgan fingerprint density at radius 1 is 0.821 bits per heavy atom. The Morgan fingerprint density at radius 3 is 1.82 bits per heavy atom. The van der Waals surface area contributed by atoms with Crippen molar-refractivity contribution in [2.24, 2.45) is 5.41 Å². The number of nitrogens with one attached hydrogen (secondary N) is 2. The molecule has 4 nitrogen and oxygen atoms in total. The lowest BCUT2D eigenvalue weighted by molar-refractivity contribution is -0.141. The molecule has 4 rings (SSSR count). The first kappa shape index (κ1) is 19.0. The maximum Gasteiger partial charge on any atom is 0.240 e. The first-order valence-electron chi connectivity index (χ1n) is 10.7. The fourth-order valence-corrected chi connectivity index (χ4v) is 4.69. The van der Waals surface area contributed by atoms with Gasteiger partial charge in [0.25, 0.3) is 0 Å². The van der Waals surface area contributed by atoms with Gasteiger partial charge in [0.2, 0.25) is 11.8 Å². The van der Waals surface area contributed by atoms with Crippen molar-refractivity contribution in [2.75, 3.05) is 0 Å². The highest BCUT2D eigenvalue weighted by Crippen LogP contribution is 2.35. The van der Waals surface area contributed by atoms with Crippen LogP contribution in [0.4, 0.5) is 0 Å². The number of hydrogen-bond acceptors (Lipinski definition) is 2. The lowest BCUT2D eigenvalue weighted by atomic mass is 9.76. The van der Waals surface area contributed by atoms with Gasteiger partial charge in [-0.15, -0.1) is 0 Å². The predicted molar refractivity (Wildman–Crippen MR) is 111 cm³/mol. The number of carbonyl (C=O) groups is 2. The minimum Gasteiger partial charge on any atom is -0.352 e. The Kier molecular flexibility index (Phi) is 5.65. The van der Waals surface area contributed by atoms with Crippen molar-refractivity contribution in [3.8, 4) is 0 Å². The van der Waals surface area contributed by atoms with Gasteiger partial charge in [0.1, 0.15) is 5.41 Å². The van der Waals surface area contributed by atoms with Crippen LogP contribution in [-0.4, -0.2) is 23.9 Å². The molecule has 3 aliphatic carbocycles. The average Bonchev–Trinajstić information content (AvgIpc) is 3.43. The highest BCUT2D eigenvalue weighted by molar-refractivity contribution is 6.08. The minimum atomic E-state index is -1.14. The Bertz CT molecular complexity index is 739. The Labute approximate surface area is 167 Å². The largest absolute Gasteiger partial charge is 0.352 e. The summed E-state index contributed by atoms with van der Waals surface area (Å²) in [6.07, 6.45) is 14.9. The molecule has 0 aliphatic heterocycles. The van der Waals surface area contributed by atoms with Gasteiger partial charge in [-0.1, -0.05) is 74.2 Å². The van der Waals surface area contributed by atoms with E-state index in [0.717, 1.165) is 62.5 Å². The lowest BCUT2D eigenvalue weighted by Crippen LogP contribution is -2.54. The van der Waals surface area contributed by atoms with E-state index < -0.39 is 5.41 Å². The average molecular weight is 379 g/mol. The molecule has 2 saturated carbocycles. The van der Waals surface area contributed by atoms with Crippen molar-refractivity contribution in [3.63, 3.8) is 0 Å². The number of carbonyl (C=O) groups excluding carboxylic acids is 2. The molecule has 0 saturated heterocycles. The second kappa shape index (κ2) is 8.34. The smallest absolute Gasteiger partial charge is 0.240 e. The van der Waals surface area contributed by atoms with E-state index in [4.69, 9.17) is 0 Å². The fraction of sp³-hybridized carbons (Fsp3) is 0.500. The van der Waals surface area contributed by atoms with Crippen LogP contribution in [0.1, 0.15) is 63.4 Å². The SMILES string of the molecule is O=C(NC1CCCC1)C1(C(=O)NC2CCCC2)C=CC(c2ccccc2)=CC1. The highest BCUT2D eigenvalue weighted by atomic mass is 16.2. The molecule has 148 valence electrons. The molecule has 0 atom stereocenters. The van der Waals surface area contributed by atoms with Gasteiger partial charge in [0, 0.05) is 12.1 Å². The van der Waals surface area contributed by atoms with Gasteiger partial charge < -0.3 is 10.6 Å². The molecule has 28 heavy (non-hydrogen) atoms. The topological polar surface area (TPSA) is 58.2 Å². The van der Waals surface area contributed by atoms with Crippen LogP contribution < -0.4 is 10.6 Å². The molecule has 0 unspecified atom stereocenters. The zero-order valence-corrected chi connectivity index (χ0v) is 16.5. The number of amides is 2. The summed E-state index contributed by atoms with van der Waals surface area (Å²) in [5, 5.41) is 6.34. The fourth-order valence-electron chi connectivity index (χ4n) is 4.69. The zero-order chi connectivity index (χ0) is 19.4. The van der Waals surface area contributed by atoms with Crippen molar-refractivity contribution in [1.29, 1.82) is 0 Å². The molecule has 1 aromatic carbocycles. The summed E-state index contributed by atoms with van der Waals surface area (Å²) in [6.45, 7) is 0. The number of rotatable bonds is 5. The summed E-state index contributed by atoms with van der Waals surface area (Å²) in [7, 11) is 0. The number of hydrogen-bond donors (Lipinski definition) is 2. The standard InChI is InChI=1S/C24H30N2O2/c27-22(25-20-10-4-5-11-20)24(23(28)26-21-12-6-7-13-21)16-14-19(15-17-24)18-8-2-1-3-9-18/h1-3,8-9,14-16,20-21H,4-7,10-13,17H2,(H,25,27)(H,26,28). The lowest BCUT2D eigenvalue weighted by Gasteiger charge is -2.32. The molecule has 2 amide bonds. The summed E-state index contributed by atoms with van der Waals surface area (Å²) < 4.78 is 0. The summed E-state index contributed by atoms with van der Waals surface area (Å²) in [6, 6.07) is 10.5. The van der Waals surface area contributed by atoms with Crippen molar-refractivity contribution >= 4 is 17.4 Å². The second-order valence-electron chi connectivity index (χ2n) is 8.44. The van der Waals surface area contributed by atoms with Crippen LogP contribution in [0.25, 0.3) is 5.57 Å². The molecule has 2 fully saturated rings. The van der Waals surface area contributed by atoms with Crippen LogP contribution in [-0.2, 0) is 9.59 Å². The van der Waals surface area contributed by atoms with Crippen molar-refractivity contribution in [1.82, 2.24) is 10.6 Å². The maximum absolute atomic E-state index is 13.3. The molecule has 3 aliphatic rings. The third-order valence-corrected chi connectivity index (χ3v) is 6.49. The summed E-state index contributed by atoms with van der Waals surface area (Å²) in [5.74, 6) is -0.288. The zero-order valence-electron chi connectivity index (χ0n) is 16.5. The van der Waals surface area contributed by atoms with Crippen LogP contribution >= 0.6 is 0 Å². The van der Waals surface area contributed by atoms with E-state index in [1.807, 2.05) is 36.4 Å². The molecule has 2 N–H and O–H groups in total. The van der Waals surface area contributed by atoms with E-state index in [9.17, 15) is 9.59 Å². The monoisotopic (exact) mass is 378 g/mol. The number of benzene rings is 1. The molecular weight excluding hydrogens is 348 g/mol. The molecular formula is C24H30N2O2. The molecule has 0 aromatic heterocycles. The molecule has 1 aromatic rings. The van der Waals surface area contributed by atoms with Gasteiger partial charge in [-0.25, -0.2) is 0 Å². The van der Waals surface area contributed by atoms with Gasteiger partial charge in [0.15, 0.2) is 0 Å². The van der Waals surface area contributed by atoms with Crippen molar-refractivity contribution in [3.05, 3.63) is 54.1 Å². The van der Waals surface area contributed by atoms with Crippen molar-refractivity contribution < 1.29 is 9.59 Å². The Morgan fingerprint density at radius 2 is 1.36 bits per heavy atom. The first-order valence-corrected chi connectivity index (χ1v) is 10.7. The van der Waals surface area contributed by atoms with Crippen LogP contribution in [0.2, 0.25) is 0 Å². The van der Waals surface area contributed by atoms with Gasteiger partial charge in [-0.2, -0.15) is 0 Å². The molecule has 4 heteroatoms. The molecule has 0 radical (unpaired) electrons. The molecule has 0 bridgehead atoms. The van der Waals surface area contributed by atoms with Gasteiger partial charge in [-0.3, -0.25) is 9.59 Å². The van der Waals surface area contributed by atoms with Gasteiger partial charge in [-0.05, 0) is 43.2 Å². The highest BCUT2D eigenvalue weighted by Gasteiger charge is 2.45. The first-order chi connectivity index (χ1) is 13.7. The summed E-state index contributed by atoms with van der Waals surface area (Å²) in [4.78, 5) is 26.6. The minimum absolute atomic E-state index is 0.144. The van der Waals surface area contributed by atoms with Gasteiger partial charge >= 0.3 is 0 Å². The van der Waals surface area contributed by atoms with Crippen LogP contribution in [0.5, 0.6) is 0 Å². The van der Waals surface area contributed by atoms with E-state index in [2.05, 4.69) is 22.8 Å². The summed E-state index contributed by atoms with van der Waals surface area (Å²) >= 11 is 0. The third-order valence-electron chi connectivity index (χ3n) is 6.49. The normalized spacial score (nSPS) is 22.1. The number of allylic oxidation sites excluding steroid dienone is 3. The van der Waals surface area contributed by atoms with Gasteiger partial charge in [0.05, 0.1) is 0 Å². The predicted octanol–water partition coefficient (Wildman–Crippen LogP) is 4.13. The quantitative estimate of drug-likeness (QED) is 0.757. The van der Waals surface area contributed by atoms with Crippen LogP contribution in [0.15, 0.2) is 48.6 Å². The van der Waals surface area contributed by atoms with E-state index >= 15 is 0 Å². The Hall–Kier alpha value is -2.36. The van der Waals surface area contributed by atoms with E-state index in [1.54, 1.807) is 0 Å². The van der Waals surface area contributed by atoms with Crippen LogP contribution in [0.3, 0.4) is 0 Å². The van der Waals surface area contributed by atoms with E-state index in [0.29, 0.717) is 6.42 Å². The molecule has 0 heterocycles. The van der Waals surface area contributed by atoms with Crippen molar-refractivity contribution in [2.45, 2.75) is 69.9 Å². The Balaban J connectivity index is 1.55. The second-order valence-corrected chi connectivity index (χ2v) is 8.44. The molecule has 0 spiro atoms. The third kappa shape index (κ3) is 3.91. The van der Waals surface area contributed by atoms with E-state index in [1.165, 1.54) is 0 Å². The van der Waals surface area contributed by atoms with Crippen LogP contribution in [0, 0.1) is 5.41 Å². The van der Waals surface area contributed by atoms with E-state index in [-0.39, 0.29) is 23.9 Å². The maximum atomic E-state index is 13.3. The summed E-state index contributed by atoms with van der Waals surface area (Å²) in [5.41, 5.74) is 1.04.